The summed E-state index contributed by atoms with van der Waals surface area (Å²) >= 11 is 0. The Bertz CT molecular complexity index is 329. The molecular formula is C10H11F2N2O. The van der Waals surface area contributed by atoms with Crippen LogP contribution in [0.2, 0.25) is 0 Å². The van der Waals surface area contributed by atoms with Gasteiger partial charge in [0.25, 0.3) is 0 Å². The second-order valence-corrected chi connectivity index (χ2v) is 3.62. The van der Waals surface area contributed by atoms with Crippen LogP contribution < -0.4 is 0 Å². The minimum absolute atomic E-state index is 0.186. The van der Waals surface area contributed by atoms with Gasteiger partial charge in [0, 0.05) is 6.42 Å². The third-order valence-electron chi connectivity index (χ3n) is 2.22. The first-order valence-corrected chi connectivity index (χ1v) is 4.86. The third-order valence-corrected chi connectivity index (χ3v) is 2.22. The number of rotatable bonds is 5. The lowest BCUT2D eigenvalue weighted by Crippen LogP contribution is -2.04. The average molecular weight is 213 g/mol. The van der Waals surface area contributed by atoms with Crippen LogP contribution >= 0.6 is 0 Å². The molecule has 0 aliphatic heterocycles. The second-order valence-electron chi connectivity index (χ2n) is 3.62. The summed E-state index contributed by atoms with van der Waals surface area (Å²) in [6.07, 6.45) is 5.89. The van der Waals surface area contributed by atoms with Crippen molar-refractivity contribution in [3.8, 4) is 0 Å². The first kappa shape index (κ1) is 10.4. The molecule has 15 heavy (non-hydrogen) atoms. The van der Waals surface area contributed by atoms with E-state index in [0.29, 0.717) is 17.4 Å². The molecule has 1 saturated carbocycles. The van der Waals surface area contributed by atoms with Gasteiger partial charge in [0.2, 0.25) is 0 Å². The normalized spacial score (nSPS) is 15.9. The summed E-state index contributed by atoms with van der Waals surface area (Å²) in [5, 5.41) is 0. The summed E-state index contributed by atoms with van der Waals surface area (Å²) in [5.41, 5.74) is 0.459. The molecule has 0 N–H and O–H groups in total. The molecule has 1 fully saturated rings. The van der Waals surface area contributed by atoms with Crippen molar-refractivity contribution in [2.45, 2.75) is 32.5 Å². The van der Waals surface area contributed by atoms with Gasteiger partial charge in [-0.25, -0.2) is 9.97 Å². The van der Waals surface area contributed by atoms with Crippen molar-refractivity contribution >= 4 is 0 Å². The summed E-state index contributed by atoms with van der Waals surface area (Å²) in [6.45, 7) is -2.94. The molecule has 1 aliphatic rings. The number of aromatic nitrogens is 2. The SMILES string of the molecule is FC(F)OCc1c[c]nc(CC2CC2)n1. The van der Waals surface area contributed by atoms with Crippen LogP contribution in [-0.2, 0) is 17.8 Å². The predicted molar refractivity (Wildman–Crippen MR) is 48.1 cm³/mol. The second kappa shape index (κ2) is 4.61. The zero-order valence-corrected chi connectivity index (χ0v) is 8.12. The van der Waals surface area contributed by atoms with E-state index in [4.69, 9.17) is 0 Å². The molecule has 0 amide bonds. The van der Waals surface area contributed by atoms with E-state index < -0.39 is 6.61 Å². The van der Waals surface area contributed by atoms with Crippen molar-refractivity contribution in [2.75, 3.05) is 0 Å². The average Bonchev–Trinajstić information content (AvgIpc) is 2.99. The highest BCUT2D eigenvalue weighted by molar-refractivity contribution is 5.01. The van der Waals surface area contributed by atoms with Gasteiger partial charge in [-0.1, -0.05) is 0 Å². The van der Waals surface area contributed by atoms with Gasteiger partial charge in [-0.2, -0.15) is 8.78 Å². The van der Waals surface area contributed by atoms with Crippen LogP contribution in [-0.4, -0.2) is 16.6 Å². The highest BCUT2D eigenvalue weighted by Gasteiger charge is 2.22. The summed E-state index contributed by atoms with van der Waals surface area (Å²) < 4.78 is 27.7. The lowest BCUT2D eigenvalue weighted by Gasteiger charge is -2.03. The molecule has 0 saturated heterocycles. The zero-order chi connectivity index (χ0) is 10.7. The highest BCUT2D eigenvalue weighted by Crippen LogP contribution is 2.31. The maximum atomic E-state index is 11.8. The van der Waals surface area contributed by atoms with E-state index in [-0.39, 0.29) is 6.61 Å². The van der Waals surface area contributed by atoms with Crippen molar-refractivity contribution in [3.63, 3.8) is 0 Å². The Hall–Kier alpha value is -1.10. The lowest BCUT2D eigenvalue weighted by molar-refractivity contribution is -0.138. The van der Waals surface area contributed by atoms with Gasteiger partial charge >= 0.3 is 6.61 Å². The summed E-state index contributed by atoms with van der Waals surface area (Å²) in [7, 11) is 0. The predicted octanol–water partition coefficient (Wildman–Crippen LogP) is 1.97. The van der Waals surface area contributed by atoms with Gasteiger partial charge in [-0.15, -0.1) is 0 Å². The molecule has 0 atom stereocenters. The van der Waals surface area contributed by atoms with Crippen molar-refractivity contribution in [1.29, 1.82) is 0 Å². The molecule has 1 aliphatic carbocycles. The van der Waals surface area contributed by atoms with Crippen molar-refractivity contribution in [3.05, 3.63) is 23.8 Å². The third kappa shape index (κ3) is 3.51. The van der Waals surface area contributed by atoms with E-state index >= 15 is 0 Å². The Kier molecular flexibility index (Phi) is 3.20. The van der Waals surface area contributed by atoms with Gasteiger partial charge in [0.1, 0.15) is 5.82 Å². The van der Waals surface area contributed by atoms with Crippen molar-refractivity contribution < 1.29 is 13.5 Å². The quantitative estimate of drug-likeness (QED) is 0.750. The molecule has 0 aromatic carbocycles. The number of nitrogens with zero attached hydrogens (tertiary/aromatic N) is 2. The van der Waals surface area contributed by atoms with Gasteiger partial charge in [-0.05, 0) is 24.8 Å². The smallest absolute Gasteiger partial charge is 0.317 e. The molecule has 1 heterocycles. The number of ether oxygens (including phenoxy) is 1. The summed E-state index contributed by atoms with van der Waals surface area (Å²) in [6, 6.07) is 1.47. The molecule has 81 valence electrons. The van der Waals surface area contributed by atoms with Gasteiger partial charge in [0.05, 0.1) is 18.5 Å². The number of hydrogen-bond acceptors (Lipinski definition) is 3. The minimum atomic E-state index is -2.76. The summed E-state index contributed by atoms with van der Waals surface area (Å²) in [5.74, 6) is 1.34. The molecule has 0 unspecified atom stereocenters. The topological polar surface area (TPSA) is 35.0 Å². The zero-order valence-electron chi connectivity index (χ0n) is 8.12. The van der Waals surface area contributed by atoms with Gasteiger partial charge in [-0.3, -0.25) is 0 Å². The van der Waals surface area contributed by atoms with Crippen LogP contribution in [0.5, 0.6) is 0 Å². The minimum Gasteiger partial charge on any atom is -0.317 e. The standard InChI is InChI=1S/C10H11F2N2O/c11-10(12)15-6-8-3-4-13-9(14-8)5-7-1-2-7/h3,7,10H,1-2,5-6H2. The van der Waals surface area contributed by atoms with Crippen LogP contribution in [0, 0.1) is 12.1 Å². The van der Waals surface area contributed by atoms with Crippen LogP contribution in [0.3, 0.4) is 0 Å². The largest absolute Gasteiger partial charge is 0.345 e. The molecule has 5 heteroatoms. The fraction of sp³-hybridized carbons (Fsp3) is 0.600. The Morgan fingerprint density at radius 1 is 1.53 bits per heavy atom. The Balaban J connectivity index is 1.92. The van der Waals surface area contributed by atoms with Crippen LogP contribution in [0.25, 0.3) is 0 Å². The molecule has 1 radical (unpaired) electrons. The van der Waals surface area contributed by atoms with Crippen LogP contribution in [0.1, 0.15) is 24.4 Å². The molecular weight excluding hydrogens is 202 g/mol. The molecule has 2 rings (SSSR count). The molecule has 3 nitrogen and oxygen atoms in total. The fourth-order valence-corrected chi connectivity index (χ4v) is 1.30. The Morgan fingerprint density at radius 3 is 3.00 bits per heavy atom. The highest BCUT2D eigenvalue weighted by atomic mass is 19.3. The van der Waals surface area contributed by atoms with E-state index in [0.717, 1.165) is 6.42 Å². The maximum Gasteiger partial charge on any atom is 0.345 e. The summed E-state index contributed by atoms with van der Waals surface area (Å²) in [4.78, 5) is 8.09. The monoisotopic (exact) mass is 213 g/mol. The van der Waals surface area contributed by atoms with E-state index in [9.17, 15) is 8.78 Å². The van der Waals surface area contributed by atoms with E-state index in [1.165, 1.54) is 18.9 Å². The van der Waals surface area contributed by atoms with Crippen molar-refractivity contribution in [2.24, 2.45) is 5.92 Å². The molecule has 0 spiro atoms. The number of hydrogen-bond donors (Lipinski definition) is 0. The first-order chi connectivity index (χ1) is 7.24. The maximum absolute atomic E-state index is 11.8. The molecule has 1 aromatic heterocycles. The lowest BCUT2D eigenvalue weighted by atomic mass is 10.3. The fourth-order valence-electron chi connectivity index (χ4n) is 1.30. The van der Waals surface area contributed by atoms with Crippen molar-refractivity contribution in [1.82, 2.24) is 9.97 Å². The van der Waals surface area contributed by atoms with E-state index in [2.05, 4.69) is 20.9 Å². The Labute approximate surface area is 86.5 Å². The van der Waals surface area contributed by atoms with Crippen LogP contribution in [0.15, 0.2) is 6.07 Å². The number of halogens is 2. The van der Waals surface area contributed by atoms with Crippen LogP contribution in [0.4, 0.5) is 8.78 Å². The molecule has 0 bridgehead atoms. The number of alkyl halides is 2. The van der Waals surface area contributed by atoms with Gasteiger partial charge < -0.3 is 4.74 Å². The first-order valence-electron chi connectivity index (χ1n) is 4.86. The van der Waals surface area contributed by atoms with Gasteiger partial charge in [0.15, 0.2) is 0 Å². The Morgan fingerprint density at radius 2 is 2.33 bits per heavy atom. The van der Waals surface area contributed by atoms with E-state index in [1.807, 2.05) is 0 Å². The molecule has 1 aromatic rings. The van der Waals surface area contributed by atoms with E-state index in [1.54, 1.807) is 0 Å².